The molecule has 0 aromatic heterocycles. The van der Waals surface area contributed by atoms with Crippen molar-refractivity contribution in [3.05, 3.63) is 12.2 Å². The smallest absolute Gasteiger partial charge is 0.155 e. The SMILES string of the molecule is CC1(C)CC2C=CC(=O)C[C@@H]2C1. The van der Waals surface area contributed by atoms with Crippen LogP contribution in [-0.4, -0.2) is 5.78 Å². The third-order valence-corrected chi connectivity index (χ3v) is 3.20. The lowest BCUT2D eigenvalue weighted by molar-refractivity contribution is -0.116. The fourth-order valence-electron chi connectivity index (χ4n) is 2.76. The van der Waals surface area contributed by atoms with Crippen molar-refractivity contribution < 1.29 is 4.79 Å². The van der Waals surface area contributed by atoms with E-state index in [1.54, 1.807) is 6.08 Å². The summed E-state index contributed by atoms with van der Waals surface area (Å²) in [6.45, 7) is 4.62. The van der Waals surface area contributed by atoms with Crippen molar-refractivity contribution in [2.75, 3.05) is 0 Å². The van der Waals surface area contributed by atoms with Crippen LogP contribution in [0, 0.1) is 17.3 Å². The molecular weight excluding hydrogens is 148 g/mol. The minimum atomic E-state index is 0.328. The van der Waals surface area contributed by atoms with E-state index in [0.717, 1.165) is 6.42 Å². The first-order chi connectivity index (χ1) is 5.57. The molecule has 0 amide bonds. The molecule has 0 heterocycles. The van der Waals surface area contributed by atoms with Crippen LogP contribution in [-0.2, 0) is 4.79 Å². The fraction of sp³-hybridized carbons (Fsp3) is 0.727. The molecule has 0 aromatic carbocycles. The van der Waals surface area contributed by atoms with Gasteiger partial charge in [0.2, 0.25) is 0 Å². The topological polar surface area (TPSA) is 17.1 Å². The van der Waals surface area contributed by atoms with E-state index in [2.05, 4.69) is 19.9 Å². The fourth-order valence-corrected chi connectivity index (χ4v) is 2.76. The maximum atomic E-state index is 11.1. The Hall–Kier alpha value is -0.590. The predicted octanol–water partition coefficient (Wildman–Crippen LogP) is 2.57. The Morgan fingerprint density at radius 3 is 2.92 bits per heavy atom. The summed E-state index contributed by atoms with van der Waals surface area (Å²) in [5, 5.41) is 0. The number of carbonyl (C=O) groups excluding carboxylic acids is 1. The minimum Gasteiger partial charge on any atom is -0.295 e. The number of hydrogen-bond acceptors (Lipinski definition) is 1. The van der Waals surface area contributed by atoms with Crippen LogP contribution in [0.25, 0.3) is 0 Å². The molecule has 2 aliphatic rings. The second kappa shape index (κ2) is 2.45. The first kappa shape index (κ1) is 8.03. The van der Waals surface area contributed by atoms with E-state index in [0.29, 0.717) is 23.0 Å². The van der Waals surface area contributed by atoms with Gasteiger partial charge in [0.25, 0.3) is 0 Å². The Morgan fingerprint density at radius 2 is 2.17 bits per heavy atom. The van der Waals surface area contributed by atoms with Crippen LogP contribution in [0.3, 0.4) is 0 Å². The molecular formula is C11H16O. The third kappa shape index (κ3) is 1.33. The molecule has 12 heavy (non-hydrogen) atoms. The van der Waals surface area contributed by atoms with Crippen molar-refractivity contribution >= 4 is 5.78 Å². The molecule has 1 nitrogen and oxygen atoms in total. The lowest BCUT2D eigenvalue weighted by atomic mass is 9.86. The minimum absolute atomic E-state index is 0.328. The molecule has 2 atom stereocenters. The molecule has 1 saturated carbocycles. The molecule has 2 aliphatic carbocycles. The van der Waals surface area contributed by atoms with Gasteiger partial charge in [-0.25, -0.2) is 0 Å². The average Bonchev–Trinajstić information content (AvgIpc) is 2.21. The van der Waals surface area contributed by atoms with Gasteiger partial charge in [0.15, 0.2) is 5.78 Å². The molecule has 66 valence electrons. The summed E-state index contributed by atoms with van der Waals surface area (Å²) in [5.41, 5.74) is 0.463. The van der Waals surface area contributed by atoms with Gasteiger partial charge >= 0.3 is 0 Å². The van der Waals surface area contributed by atoms with Gasteiger partial charge in [-0.15, -0.1) is 0 Å². The van der Waals surface area contributed by atoms with Crippen molar-refractivity contribution in [1.82, 2.24) is 0 Å². The second-order valence-electron chi connectivity index (χ2n) is 5.03. The zero-order valence-electron chi connectivity index (χ0n) is 7.84. The van der Waals surface area contributed by atoms with Gasteiger partial charge in [0, 0.05) is 6.42 Å². The van der Waals surface area contributed by atoms with Crippen molar-refractivity contribution in [3.63, 3.8) is 0 Å². The van der Waals surface area contributed by atoms with Gasteiger partial charge in [-0.05, 0) is 36.2 Å². The van der Waals surface area contributed by atoms with E-state index >= 15 is 0 Å². The predicted molar refractivity (Wildman–Crippen MR) is 48.8 cm³/mol. The summed E-state index contributed by atoms with van der Waals surface area (Å²) in [4.78, 5) is 11.1. The summed E-state index contributed by atoms with van der Waals surface area (Å²) in [7, 11) is 0. The Morgan fingerprint density at radius 1 is 1.42 bits per heavy atom. The molecule has 0 aromatic rings. The standard InChI is InChI=1S/C11H16O/c1-11(2)6-8-3-4-10(12)5-9(8)7-11/h3-4,8-9H,5-7H2,1-2H3/t8?,9-/m1/s1. The molecule has 1 heteroatoms. The summed E-state index contributed by atoms with van der Waals surface area (Å²) in [5.74, 6) is 1.67. The highest BCUT2D eigenvalue weighted by molar-refractivity contribution is 5.90. The summed E-state index contributed by atoms with van der Waals surface area (Å²) in [6.07, 6.45) is 7.20. The van der Waals surface area contributed by atoms with Gasteiger partial charge in [0.05, 0.1) is 0 Å². The summed E-state index contributed by atoms with van der Waals surface area (Å²) < 4.78 is 0. The van der Waals surface area contributed by atoms with E-state index in [-0.39, 0.29) is 0 Å². The normalized spacial score (nSPS) is 38.3. The number of hydrogen-bond donors (Lipinski definition) is 0. The highest BCUT2D eigenvalue weighted by atomic mass is 16.1. The zero-order chi connectivity index (χ0) is 8.77. The quantitative estimate of drug-likeness (QED) is 0.537. The Labute approximate surface area is 73.8 Å². The molecule has 0 aliphatic heterocycles. The van der Waals surface area contributed by atoms with Crippen molar-refractivity contribution in [2.24, 2.45) is 17.3 Å². The molecule has 0 N–H and O–H groups in total. The van der Waals surface area contributed by atoms with Crippen molar-refractivity contribution in [2.45, 2.75) is 33.1 Å². The van der Waals surface area contributed by atoms with E-state index < -0.39 is 0 Å². The van der Waals surface area contributed by atoms with Crippen LogP contribution in [0.2, 0.25) is 0 Å². The van der Waals surface area contributed by atoms with Crippen molar-refractivity contribution in [3.8, 4) is 0 Å². The van der Waals surface area contributed by atoms with Crippen LogP contribution in [0.1, 0.15) is 33.1 Å². The van der Waals surface area contributed by atoms with Crippen LogP contribution in [0.5, 0.6) is 0 Å². The number of rotatable bonds is 0. The molecule has 1 fully saturated rings. The van der Waals surface area contributed by atoms with Gasteiger partial charge < -0.3 is 0 Å². The Bertz CT molecular complexity index is 237. The van der Waals surface area contributed by atoms with Crippen LogP contribution < -0.4 is 0 Å². The summed E-state index contributed by atoms with van der Waals surface area (Å²) >= 11 is 0. The van der Waals surface area contributed by atoms with Crippen LogP contribution in [0.4, 0.5) is 0 Å². The first-order valence-electron chi connectivity index (χ1n) is 4.78. The van der Waals surface area contributed by atoms with Gasteiger partial charge in [-0.2, -0.15) is 0 Å². The molecule has 0 bridgehead atoms. The average molecular weight is 164 g/mol. The summed E-state index contributed by atoms with van der Waals surface area (Å²) in [6, 6.07) is 0. The Balaban J connectivity index is 2.17. The van der Waals surface area contributed by atoms with Gasteiger partial charge in [-0.3, -0.25) is 4.79 Å². The number of fused-ring (bicyclic) bond motifs is 1. The number of carbonyl (C=O) groups is 1. The number of allylic oxidation sites excluding steroid dienone is 2. The number of ketones is 1. The molecule has 0 spiro atoms. The molecule has 0 saturated heterocycles. The maximum absolute atomic E-state index is 11.1. The second-order valence-corrected chi connectivity index (χ2v) is 5.03. The zero-order valence-corrected chi connectivity index (χ0v) is 7.84. The van der Waals surface area contributed by atoms with Gasteiger partial charge in [-0.1, -0.05) is 19.9 Å². The monoisotopic (exact) mass is 164 g/mol. The molecule has 2 rings (SSSR count). The van der Waals surface area contributed by atoms with E-state index in [9.17, 15) is 4.79 Å². The lowest BCUT2D eigenvalue weighted by Gasteiger charge is -2.18. The molecule has 1 unspecified atom stereocenters. The Kier molecular flexibility index (Phi) is 1.64. The van der Waals surface area contributed by atoms with E-state index in [4.69, 9.17) is 0 Å². The van der Waals surface area contributed by atoms with E-state index in [1.807, 2.05) is 0 Å². The largest absolute Gasteiger partial charge is 0.295 e. The van der Waals surface area contributed by atoms with Crippen molar-refractivity contribution in [1.29, 1.82) is 0 Å². The van der Waals surface area contributed by atoms with Crippen LogP contribution in [0.15, 0.2) is 12.2 Å². The van der Waals surface area contributed by atoms with Crippen LogP contribution >= 0.6 is 0 Å². The highest BCUT2D eigenvalue weighted by Gasteiger charge is 2.39. The molecule has 0 radical (unpaired) electrons. The third-order valence-electron chi connectivity index (χ3n) is 3.20. The first-order valence-corrected chi connectivity index (χ1v) is 4.78. The highest BCUT2D eigenvalue weighted by Crippen LogP contribution is 2.48. The maximum Gasteiger partial charge on any atom is 0.155 e. The van der Waals surface area contributed by atoms with Gasteiger partial charge in [0.1, 0.15) is 0 Å². The van der Waals surface area contributed by atoms with E-state index in [1.165, 1.54) is 12.8 Å². The lowest BCUT2D eigenvalue weighted by Crippen LogP contribution is -2.14.